The molecule has 4 nitrogen and oxygen atoms in total. The van der Waals surface area contributed by atoms with E-state index in [1.165, 1.54) is 6.42 Å². The second-order valence-electron chi connectivity index (χ2n) is 4.85. The Balaban J connectivity index is 2.28. The zero-order chi connectivity index (χ0) is 11.8. The van der Waals surface area contributed by atoms with Gasteiger partial charge in [0.1, 0.15) is 6.10 Å². The highest BCUT2D eigenvalue weighted by molar-refractivity contribution is 5.16. The fourth-order valence-electron chi connectivity index (χ4n) is 2.57. The molecule has 0 spiro atoms. The van der Waals surface area contributed by atoms with E-state index < -0.39 is 6.10 Å². The number of aliphatic hydroxyl groups is 1. The van der Waals surface area contributed by atoms with E-state index in [1.54, 1.807) is 0 Å². The molecule has 0 aromatic carbocycles. The highest BCUT2D eigenvalue weighted by atomic mass is 16.3. The fraction of sp³-hybridized carbons (Fsp3) is 0.750. The van der Waals surface area contributed by atoms with Crippen LogP contribution in [0.4, 0.5) is 0 Å². The van der Waals surface area contributed by atoms with Crippen LogP contribution in [0.25, 0.3) is 0 Å². The summed E-state index contributed by atoms with van der Waals surface area (Å²) in [7, 11) is 0. The third-order valence-electron chi connectivity index (χ3n) is 3.85. The van der Waals surface area contributed by atoms with Gasteiger partial charge in [0.15, 0.2) is 0 Å². The van der Waals surface area contributed by atoms with E-state index in [4.69, 9.17) is 5.73 Å². The molecule has 1 atom stereocenters. The molecule has 0 aliphatic heterocycles. The molecule has 1 saturated carbocycles. The lowest BCUT2D eigenvalue weighted by atomic mass is 9.64. The van der Waals surface area contributed by atoms with Gasteiger partial charge < -0.3 is 10.8 Å². The molecule has 0 amide bonds. The van der Waals surface area contributed by atoms with Gasteiger partial charge in [0.25, 0.3) is 0 Å². The monoisotopic (exact) mass is 223 g/mol. The van der Waals surface area contributed by atoms with E-state index in [2.05, 4.69) is 5.10 Å². The summed E-state index contributed by atoms with van der Waals surface area (Å²) in [6, 6.07) is 1.98. The molecule has 4 heteroatoms. The van der Waals surface area contributed by atoms with E-state index >= 15 is 0 Å². The summed E-state index contributed by atoms with van der Waals surface area (Å²) in [6.07, 6.45) is 2.76. The van der Waals surface area contributed by atoms with Crippen LogP contribution in [0, 0.1) is 12.3 Å². The van der Waals surface area contributed by atoms with E-state index in [9.17, 15) is 5.11 Å². The van der Waals surface area contributed by atoms with Crippen molar-refractivity contribution in [3.63, 3.8) is 0 Å². The van der Waals surface area contributed by atoms with E-state index in [0.29, 0.717) is 6.54 Å². The van der Waals surface area contributed by atoms with Gasteiger partial charge in [-0.2, -0.15) is 5.10 Å². The first-order valence-corrected chi connectivity index (χ1v) is 6.05. The van der Waals surface area contributed by atoms with Crippen molar-refractivity contribution in [2.75, 3.05) is 6.54 Å². The average Bonchev–Trinajstić information content (AvgIpc) is 2.58. The molecule has 0 bridgehead atoms. The summed E-state index contributed by atoms with van der Waals surface area (Å²) in [5, 5.41) is 14.8. The van der Waals surface area contributed by atoms with Crippen LogP contribution in [0.5, 0.6) is 0 Å². The summed E-state index contributed by atoms with van der Waals surface area (Å²) in [4.78, 5) is 0. The molecule has 90 valence electrons. The van der Waals surface area contributed by atoms with Gasteiger partial charge in [-0.05, 0) is 32.8 Å². The molecular formula is C12H21N3O. The quantitative estimate of drug-likeness (QED) is 0.810. The molecule has 0 radical (unpaired) electrons. The molecular weight excluding hydrogens is 202 g/mol. The van der Waals surface area contributed by atoms with Gasteiger partial charge in [-0.3, -0.25) is 4.68 Å². The van der Waals surface area contributed by atoms with Crippen LogP contribution >= 0.6 is 0 Å². The second kappa shape index (κ2) is 4.18. The smallest absolute Gasteiger partial charge is 0.102 e. The standard InChI is InChI=1S/C12H21N3O/c1-3-15-10(7-9(2)14-15)11(16)12(8-13)5-4-6-12/h7,11,16H,3-6,8,13H2,1-2H3. The number of aryl methyl sites for hydroxylation is 2. The number of hydrogen-bond acceptors (Lipinski definition) is 3. The minimum Gasteiger partial charge on any atom is -0.386 e. The third kappa shape index (κ3) is 1.66. The Kier molecular flexibility index (Phi) is 3.04. The van der Waals surface area contributed by atoms with Crippen LogP contribution in [0.1, 0.15) is 43.7 Å². The zero-order valence-electron chi connectivity index (χ0n) is 10.1. The minimum atomic E-state index is -0.465. The lowest BCUT2D eigenvalue weighted by molar-refractivity contribution is -0.0346. The van der Waals surface area contributed by atoms with Crippen molar-refractivity contribution in [3.8, 4) is 0 Å². The predicted octanol–water partition coefficient (Wildman–Crippen LogP) is 1.37. The first kappa shape index (κ1) is 11.6. The van der Waals surface area contributed by atoms with Gasteiger partial charge in [-0.1, -0.05) is 6.42 Å². The fourth-order valence-corrected chi connectivity index (χ4v) is 2.57. The Bertz CT molecular complexity index is 363. The summed E-state index contributed by atoms with van der Waals surface area (Å²) in [5.41, 5.74) is 7.60. The molecule has 16 heavy (non-hydrogen) atoms. The maximum atomic E-state index is 10.5. The third-order valence-corrected chi connectivity index (χ3v) is 3.85. The van der Waals surface area contributed by atoms with Crippen molar-refractivity contribution in [2.45, 2.75) is 45.8 Å². The summed E-state index contributed by atoms with van der Waals surface area (Å²) in [6.45, 7) is 5.35. The second-order valence-corrected chi connectivity index (χ2v) is 4.85. The number of nitrogens with zero attached hydrogens (tertiary/aromatic N) is 2. The highest BCUT2D eigenvalue weighted by Crippen LogP contribution is 2.49. The van der Waals surface area contributed by atoms with Gasteiger partial charge in [-0.25, -0.2) is 0 Å². The number of aliphatic hydroxyl groups excluding tert-OH is 1. The molecule has 1 aliphatic carbocycles. The minimum absolute atomic E-state index is 0.0978. The predicted molar refractivity (Wildman–Crippen MR) is 62.9 cm³/mol. The first-order valence-electron chi connectivity index (χ1n) is 6.05. The maximum Gasteiger partial charge on any atom is 0.102 e. The number of aromatic nitrogens is 2. The Labute approximate surface area is 96.5 Å². The average molecular weight is 223 g/mol. The van der Waals surface area contributed by atoms with Crippen molar-refractivity contribution in [1.82, 2.24) is 9.78 Å². The first-order chi connectivity index (χ1) is 7.63. The van der Waals surface area contributed by atoms with Crippen LogP contribution in [-0.2, 0) is 6.54 Å². The van der Waals surface area contributed by atoms with Crippen LogP contribution < -0.4 is 5.73 Å². The molecule has 2 rings (SSSR count). The van der Waals surface area contributed by atoms with Gasteiger partial charge in [-0.15, -0.1) is 0 Å². The van der Waals surface area contributed by atoms with Crippen LogP contribution in [-0.4, -0.2) is 21.4 Å². The topological polar surface area (TPSA) is 64.1 Å². The van der Waals surface area contributed by atoms with E-state index in [0.717, 1.165) is 30.8 Å². The van der Waals surface area contributed by atoms with Crippen molar-refractivity contribution in [1.29, 1.82) is 0 Å². The summed E-state index contributed by atoms with van der Waals surface area (Å²) >= 11 is 0. The summed E-state index contributed by atoms with van der Waals surface area (Å²) < 4.78 is 1.88. The van der Waals surface area contributed by atoms with Crippen molar-refractivity contribution in [3.05, 3.63) is 17.5 Å². The Hall–Kier alpha value is -0.870. The van der Waals surface area contributed by atoms with Gasteiger partial charge in [0.2, 0.25) is 0 Å². The highest BCUT2D eigenvalue weighted by Gasteiger charge is 2.44. The lowest BCUT2D eigenvalue weighted by Gasteiger charge is -2.44. The summed E-state index contributed by atoms with van der Waals surface area (Å²) in [5.74, 6) is 0. The van der Waals surface area contributed by atoms with Crippen molar-refractivity contribution in [2.24, 2.45) is 11.1 Å². The number of rotatable bonds is 4. The molecule has 1 fully saturated rings. The van der Waals surface area contributed by atoms with Crippen molar-refractivity contribution >= 4 is 0 Å². The normalized spacial score (nSPS) is 20.5. The Morgan fingerprint density at radius 3 is 2.75 bits per heavy atom. The molecule has 1 unspecified atom stereocenters. The Morgan fingerprint density at radius 2 is 2.31 bits per heavy atom. The Morgan fingerprint density at radius 1 is 1.62 bits per heavy atom. The zero-order valence-corrected chi connectivity index (χ0v) is 10.1. The SMILES string of the molecule is CCn1nc(C)cc1C(O)C1(CN)CCC1. The molecule has 1 aliphatic rings. The van der Waals surface area contributed by atoms with Crippen LogP contribution in [0.2, 0.25) is 0 Å². The lowest BCUT2D eigenvalue weighted by Crippen LogP contribution is -2.43. The van der Waals surface area contributed by atoms with Gasteiger partial charge in [0, 0.05) is 18.5 Å². The van der Waals surface area contributed by atoms with Crippen molar-refractivity contribution < 1.29 is 5.11 Å². The maximum absolute atomic E-state index is 10.5. The molecule has 3 N–H and O–H groups in total. The van der Waals surface area contributed by atoms with Gasteiger partial charge >= 0.3 is 0 Å². The molecule has 1 aromatic rings. The van der Waals surface area contributed by atoms with Gasteiger partial charge in [0.05, 0.1) is 11.4 Å². The van der Waals surface area contributed by atoms with E-state index in [1.807, 2.05) is 24.6 Å². The number of nitrogens with two attached hydrogens (primary N) is 1. The number of hydrogen-bond donors (Lipinski definition) is 2. The molecule has 1 aromatic heterocycles. The molecule has 1 heterocycles. The van der Waals surface area contributed by atoms with E-state index in [-0.39, 0.29) is 5.41 Å². The van der Waals surface area contributed by atoms with Crippen LogP contribution in [0.3, 0.4) is 0 Å². The molecule has 0 saturated heterocycles. The largest absolute Gasteiger partial charge is 0.386 e. The van der Waals surface area contributed by atoms with Crippen LogP contribution in [0.15, 0.2) is 6.07 Å².